The van der Waals surface area contributed by atoms with E-state index in [0.717, 1.165) is 5.56 Å². The van der Waals surface area contributed by atoms with E-state index in [-0.39, 0.29) is 30.2 Å². The zero-order chi connectivity index (χ0) is 19.1. The standard InChI is InChI=1S/C20H24FN3O2/c1-14(16-9-11-17(21)12-10-16)22-20(26)15(2)24(3)13-19(25)23-18-7-5-4-6-8-18/h4-12,14-15H,13H2,1-3H3,(H,22,26)(H,23,25). The van der Waals surface area contributed by atoms with Crippen molar-refractivity contribution in [3.63, 3.8) is 0 Å². The first kappa shape index (κ1) is 19.6. The Hall–Kier alpha value is -2.73. The molecule has 6 heteroatoms. The molecule has 2 aromatic carbocycles. The van der Waals surface area contributed by atoms with Crippen LogP contribution in [0.5, 0.6) is 0 Å². The van der Waals surface area contributed by atoms with Gasteiger partial charge in [0.25, 0.3) is 0 Å². The summed E-state index contributed by atoms with van der Waals surface area (Å²) in [5.41, 5.74) is 1.53. The largest absolute Gasteiger partial charge is 0.348 e. The first-order chi connectivity index (χ1) is 12.4. The van der Waals surface area contributed by atoms with Crippen molar-refractivity contribution in [1.29, 1.82) is 0 Å². The molecule has 2 aromatic rings. The van der Waals surface area contributed by atoms with Gasteiger partial charge in [0.05, 0.1) is 18.6 Å². The third kappa shape index (κ3) is 5.67. The van der Waals surface area contributed by atoms with Crippen LogP contribution in [0.15, 0.2) is 54.6 Å². The predicted molar refractivity (Wildman–Crippen MR) is 100 cm³/mol. The average Bonchev–Trinajstić information content (AvgIpc) is 2.62. The molecular weight excluding hydrogens is 333 g/mol. The maximum atomic E-state index is 13.0. The highest BCUT2D eigenvalue weighted by Gasteiger charge is 2.21. The van der Waals surface area contributed by atoms with Gasteiger partial charge in [0.2, 0.25) is 11.8 Å². The van der Waals surface area contributed by atoms with Crippen molar-refractivity contribution in [2.24, 2.45) is 0 Å². The summed E-state index contributed by atoms with van der Waals surface area (Å²) in [4.78, 5) is 26.2. The van der Waals surface area contributed by atoms with Gasteiger partial charge in [-0.1, -0.05) is 30.3 Å². The van der Waals surface area contributed by atoms with Gasteiger partial charge >= 0.3 is 0 Å². The van der Waals surface area contributed by atoms with Crippen LogP contribution in [0.3, 0.4) is 0 Å². The number of carbonyl (C=O) groups is 2. The van der Waals surface area contributed by atoms with Gasteiger partial charge in [0.1, 0.15) is 5.82 Å². The fraction of sp³-hybridized carbons (Fsp3) is 0.300. The van der Waals surface area contributed by atoms with Crippen LogP contribution in [-0.4, -0.2) is 36.3 Å². The Kier molecular flexibility index (Phi) is 6.86. The molecule has 0 aliphatic rings. The lowest BCUT2D eigenvalue weighted by atomic mass is 10.1. The number of nitrogens with one attached hydrogen (secondary N) is 2. The number of rotatable bonds is 7. The van der Waals surface area contributed by atoms with Crippen LogP contribution in [0.2, 0.25) is 0 Å². The molecule has 26 heavy (non-hydrogen) atoms. The van der Waals surface area contributed by atoms with Crippen molar-refractivity contribution >= 4 is 17.5 Å². The second-order valence-electron chi connectivity index (χ2n) is 6.29. The van der Waals surface area contributed by atoms with Crippen LogP contribution < -0.4 is 10.6 Å². The molecule has 0 bridgehead atoms. The first-order valence-electron chi connectivity index (χ1n) is 8.48. The molecule has 2 unspecified atom stereocenters. The summed E-state index contributed by atoms with van der Waals surface area (Å²) in [5.74, 6) is -0.702. The minimum Gasteiger partial charge on any atom is -0.348 e. The van der Waals surface area contributed by atoms with E-state index in [1.54, 1.807) is 43.1 Å². The summed E-state index contributed by atoms with van der Waals surface area (Å²) in [5, 5.41) is 5.68. The van der Waals surface area contributed by atoms with Gasteiger partial charge < -0.3 is 10.6 Å². The van der Waals surface area contributed by atoms with E-state index in [4.69, 9.17) is 0 Å². The Bertz CT molecular complexity index is 734. The summed E-state index contributed by atoms with van der Waals surface area (Å²) in [7, 11) is 1.72. The topological polar surface area (TPSA) is 61.4 Å². The molecule has 138 valence electrons. The van der Waals surface area contributed by atoms with E-state index in [1.807, 2.05) is 25.1 Å². The van der Waals surface area contributed by atoms with Crippen LogP contribution in [-0.2, 0) is 9.59 Å². The average molecular weight is 357 g/mol. The number of nitrogens with zero attached hydrogens (tertiary/aromatic N) is 1. The Labute approximate surface area is 153 Å². The minimum absolute atomic E-state index is 0.0917. The van der Waals surface area contributed by atoms with Crippen molar-refractivity contribution in [2.75, 3.05) is 18.9 Å². The maximum absolute atomic E-state index is 13.0. The van der Waals surface area contributed by atoms with Crippen LogP contribution >= 0.6 is 0 Å². The van der Waals surface area contributed by atoms with E-state index in [2.05, 4.69) is 10.6 Å². The van der Waals surface area contributed by atoms with Crippen molar-refractivity contribution in [3.05, 3.63) is 66.0 Å². The summed E-state index contributed by atoms with van der Waals surface area (Å²) in [6.45, 7) is 3.66. The molecule has 0 aliphatic carbocycles. The highest BCUT2D eigenvalue weighted by atomic mass is 19.1. The minimum atomic E-state index is -0.487. The lowest BCUT2D eigenvalue weighted by Crippen LogP contribution is -2.46. The number of amides is 2. The Morgan fingerprint density at radius 3 is 2.27 bits per heavy atom. The number of benzene rings is 2. The molecule has 0 radical (unpaired) electrons. The van der Waals surface area contributed by atoms with E-state index in [1.165, 1.54) is 12.1 Å². The van der Waals surface area contributed by atoms with Gasteiger partial charge in [-0.2, -0.15) is 0 Å². The Morgan fingerprint density at radius 1 is 1.04 bits per heavy atom. The van der Waals surface area contributed by atoms with E-state index < -0.39 is 6.04 Å². The fourth-order valence-electron chi connectivity index (χ4n) is 2.45. The number of para-hydroxylation sites is 1. The molecule has 0 saturated carbocycles. The fourth-order valence-corrected chi connectivity index (χ4v) is 2.45. The zero-order valence-corrected chi connectivity index (χ0v) is 15.2. The van der Waals surface area contributed by atoms with Crippen molar-refractivity contribution in [1.82, 2.24) is 10.2 Å². The molecule has 0 fully saturated rings. The van der Waals surface area contributed by atoms with Gasteiger partial charge in [-0.25, -0.2) is 4.39 Å². The molecule has 0 saturated heterocycles. The summed E-state index contributed by atoms with van der Waals surface area (Å²) in [6.07, 6.45) is 0. The normalized spacial score (nSPS) is 13.1. The maximum Gasteiger partial charge on any atom is 0.238 e. The monoisotopic (exact) mass is 357 g/mol. The van der Waals surface area contributed by atoms with E-state index >= 15 is 0 Å². The highest BCUT2D eigenvalue weighted by molar-refractivity contribution is 5.92. The summed E-state index contributed by atoms with van der Waals surface area (Å²) in [6, 6.07) is 14.4. The number of halogens is 1. The molecule has 2 atom stereocenters. The Morgan fingerprint density at radius 2 is 1.65 bits per heavy atom. The lowest BCUT2D eigenvalue weighted by molar-refractivity contribution is -0.127. The van der Waals surface area contributed by atoms with Crippen LogP contribution in [0, 0.1) is 5.82 Å². The molecule has 2 amide bonds. The van der Waals surface area contributed by atoms with Crippen molar-refractivity contribution in [3.8, 4) is 0 Å². The third-order valence-electron chi connectivity index (χ3n) is 4.22. The molecule has 5 nitrogen and oxygen atoms in total. The third-order valence-corrected chi connectivity index (χ3v) is 4.22. The first-order valence-corrected chi connectivity index (χ1v) is 8.48. The zero-order valence-electron chi connectivity index (χ0n) is 15.2. The molecule has 0 spiro atoms. The van der Waals surface area contributed by atoms with E-state index in [9.17, 15) is 14.0 Å². The predicted octanol–water partition coefficient (Wildman–Crippen LogP) is 2.96. The quantitative estimate of drug-likeness (QED) is 0.801. The summed E-state index contributed by atoms with van der Waals surface area (Å²) < 4.78 is 13.0. The molecule has 0 aromatic heterocycles. The number of anilines is 1. The van der Waals surface area contributed by atoms with Gasteiger partial charge in [0, 0.05) is 5.69 Å². The van der Waals surface area contributed by atoms with Gasteiger partial charge in [-0.05, 0) is 50.7 Å². The number of hydrogen-bond acceptors (Lipinski definition) is 3. The van der Waals surface area contributed by atoms with Gasteiger partial charge in [0.15, 0.2) is 0 Å². The molecule has 0 heterocycles. The number of hydrogen-bond donors (Lipinski definition) is 2. The van der Waals surface area contributed by atoms with Crippen molar-refractivity contribution < 1.29 is 14.0 Å². The molecule has 0 aliphatic heterocycles. The number of likely N-dealkylation sites (N-methyl/N-ethyl adjacent to an activating group) is 1. The highest BCUT2D eigenvalue weighted by Crippen LogP contribution is 2.13. The Balaban J connectivity index is 1.86. The lowest BCUT2D eigenvalue weighted by Gasteiger charge is -2.25. The second-order valence-corrected chi connectivity index (χ2v) is 6.29. The van der Waals surface area contributed by atoms with Gasteiger partial charge in [-0.15, -0.1) is 0 Å². The van der Waals surface area contributed by atoms with E-state index in [0.29, 0.717) is 5.69 Å². The van der Waals surface area contributed by atoms with Gasteiger partial charge in [-0.3, -0.25) is 14.5 Å². The van der Waals surface area contributed by atoms with Crippen LogP contribution in [0.4, 0.5) is 10.1 Å². The molecule has 2 rings (SSSR count). The van der Waals surface area contributed by atoms with Crippen molar-refractivity contribution in [2.45, 2.75) is 25.9 Å². The smallest absolute Gasteiger partial charge is 0.238 e. The second kappa shape index (κ2) is 9.10. The summed E-state index contributed by atoms with van der Waals surface area (Å²) >= 11 is 0. The van der Waals surface area contributed by atoms with Crippen LogP contribution in [0.1, 0.15) is 25.5 Å². The molecule has 2 N–H and O–H groups in total. The number of carbonyl (C=O) groups excluding carboxylic acids is 2. The SMILES string of the molecule is CC(NC(=O)C(C)N(C)CC(=O)Nc1ccccc1)c1ccc(F)cc1. The van der Waals surface area contributed by atoms with Crippen LogP contribution in [0.25, 0.3) is 0 Å². The molecular formula is C20H24FN3O2.